The second-order valence-corrected chi connectivity index (χ2v) is 10.5. The first-order valence-corrected chi connectivity index (χ1v) is 13.3. The summed E-state index contributed by atoms with van der Waals surface area (Å²) >= 11 is 6.89. The molecule has 1 amide bonds. The first kappa shape index (κ1) is 24.4. The number of nitrogens with zero attached hydrogens (tertiary/aromatic N) is 2. The minimum Gasteiger partial charge on any atom is -0.497 e. The summed E-state index contributed by atoms with van der Waals surface area (Å²) in [6.45, 7) is 1.77. The lowest BCUT2D eigenvalue weighted by Gasteiger charge is -2.14. The molecule has 2 aliphatic rings. The third kappa shape index (κ3) is 4.82. The third-order valence-electron chi connectivity index (χ3n) is 6.42. The molecule has 0 saturated carbocycles. The fourth-order valence-electron chi connectivity index (χ4n) is 4.49. The minimum absolute atomic E-state index is 0.0845. The summed E-state index contributed by atoms with van der Waals surface area (Å²) in [6.07, 6.45) is 3.99. The van der Waals surface area contributed by atoms with E-state index < -0.39 is 0 Å². The zero-order valence-electron chi connectivity index (χ0n) is 20.6. The SMILES string of the molecule is COc1ccc(CN2C(=O)/C(=C/c3cn(CCOc4ccc5c(c4)OCO5)c4ccccc34)SC2=S)cc1. The highest BCUT2D eigenvalue weighted by molar-refractivity contribution is 8.26. The molecular formula is C29H24N2O5S2. The van der Waals surface area contributed by atoms with Crippen molar-refractivity contribution in [2.24, 2.45) is 0 Å². The van der Waals surface area contributed by atoms with Gasteiger partial charge in [-0.3, -0.25) is 9.69 Å². The Morgan fingerprint density at radius 2 is 1.82 bits per heavy atom. The summed E-state index contributed by atoms with van der Waals surface area (Å²) in [5.41, 5.74) is 3.03. The van der Waals surface area contributed by atoms with Gasteiger partial charge >= 0.3 is 0 Å². The first-order chi connectivity index (χ1) is 18.6. The van der Waals surface area contributed by atoms with E-state index in [1.807, 2.05) is 60.7 Å². The molecule has 7 nitrogen and oxygen atoms in total. The Morgan fingerprint density at radius 3 is 2.66 bits per heavy atom. The van der Waals surface area contributed by atoms with Crippen LogP contribution < -0.4 is 18.9 Å². The molecule has 0 unspecified atom stereocenters. The second kappa shape index (κ2) is 10.4. The maximum Gasteiger partial charge on any atom is 0.266 e. The van der Waals surface area contributed by atoms with Gasteiger partial charge in [0.05, 0.1) is 25.1 Å². The fourth-order valence-corrected chi connectivity index (χ4v) is 5.74. The van der Waals surface area contributed by atoms with Gasteiger partial charge < -0.3 is 23.5 Å². The van der Waals surface area contributed by atoms with Crippen LogP contribution in [0.5, 0.6) is 23.0 Å². The van der Waals surface area contributed by atoms with Crippen LogP contribution in [-0.4, -0.2) is 40.2 Å². The van der Waals surface area contributed by atoms with Gasteiger partial charge in [-0.05, 0) is 42.0 Å². The van der Waals surface area contributed by atoms with Crippen molar-refractivity contribution < 1.29 is 23.7 Å². The predicted molar refractivity (Wildman–Crippen MR) is 152 cm³/mol. The second-order valence-electron chi connectivity index (χ2n) is 8.77. The number of carbonyl (C=O) groups is 1. The number of aromatic nitrogens is 1. The van der Waals surface area contributed by atoms with Crippen molar-refractivity contribution in [1.29, 1.82) is 0 Å². The fraction of sp³-hybridized carbons (Fsp3) is 0.172. The molecule has 9 heteroatoms. The molecule has 1 saturated heterocycles. The number of carbonyl (C=O) groups excluding carboxylic acids is 1. The van der Waals surface area contributed by atoms with Crippen LogP contribution in [0.4, 0.5) is 0 Å². The number of thioether (sulfide) groups is 1. The molecule has 2 aliphatic heterocycles. The summed E-state index contributed by atoms with van der Waals surface area (Å²) in [5, 5.41) is 1.07. The van der Waals surface area contributed by atoms with Crippen LogP contribution in [0.1, 0.15) is 11.1 Å². The van der Waals surface area contributed by atoms with E-state index in [9.17, 15) is 4.79 Å². The normalized spacial score (nSPS) is 15.6. The van der Waals surface area contributed by atoms with Gasteiger partial charge in [0.2, 0.25) is 6.79 Å². The summed E-state index contributed by atoms with van der Waals surface area (Å²) < 4.78 is 24.7. The third-order valence-corrected chi connectivity index (χ3v) is 7.80. The number of fused-ring (bicyclic) bond motifs is 2. The predicted octanol–water partition coefficient (Wildman–Crippen LogP) is 5.86. The van der Waals surface area contributed by atoms with Gasteiger partial charge in [0.25, 0.3) is 5.91 Å². The van der Waals surface area contributed by atoms with Crippen LogP contribution >= 0.6 is 24.0 Å². The van der Waals surface area contributed by atoms with E-state index in [0.717, 1.165) is 39.3 Å². The van der Waals surface area contributed by atoms with Crippen LogP contribution in [0.3, 0.4) is 0 Å². The van der Waals surface area contributed by atoms with Crippen LogP contribution in [0, 0.1) is 0 Å². The molecule has 0 radical (unpaired) electrons. The molecule has 3 aromatic carbocycles. The van der Waals surface area contributed by atoms with E-state index in [-0.39, 0.29) is 12.7 Å². The number of amides is 1. The minimum atomic E-state index is -0.0845. The van der Waals surface area contributed by atoms with E-state index >= 15 is 0 Å². The lowest BCUT2D eigenvalue weighted by Crippen LogP contribution is -2.27. The quantitative estimate of drug-likeness (QED) is 0.203. The molecule has 3 heterocycles. The van der Waals surface area contributed by atoms with Crippen LogP contribution in [-0.2, 0) is 17.9 Å². The number of ether oxygens (including phenoxy) is 4. The molecular weight excluding hydrogens is 520 g/mol. The van der Waals surface area contributed by atoms with Crippen molar-refractivity contribution in [3.63, 3.8) is 0 Å². The summed E-state index contributed by atoms with van der Waals surface area (Å²) in [4.78, 5) is 15.5. The van der Waals surface area contributed by atoms with Crippen molar-refractivity contribution in [2.75, 3.05) is 20.5 Å². The molecule has 1 aromatic heterocycles. The van der Waals surface area contributed by atoms with E-state index in [4.69, 9.17) is 31.2 Å². The van der Waals surface area contributed by atoms with Crippen LogP contribution in [0.15, 0.2) is 77.8 Å². The molecule has 6 rings (SSSR count). The summed E-state index contributed by atoms with van der Waals surface area (Å²) in [6, 6.07) is 21.4. The molecule has 4 aromatic rings. The summed E-state index contributed by atoms with van der Waals surface area (Å²) in [7, 11) is 1.63. The highest BCUT2D eigenvalue weighted by atomic mass is 32.2. The lowest BCUT2D eigenvalue weighted by atomic mass is 10.1. The van der Waals surface area contributed by atoms with Crippen molar-refractivity contribution >= 4 is 51.2 Å². The van der Waals surface area contributed by atoms with Gasteiger partial charge in [-0.15, -0.1) is 0 Å². The Morgan fingerprint density at radius 1 is 1.03 bits per heavy atom. The number of para-hydroxylation sites is 1. The molecule has 38 heavy (non-hydrogen) atoms. The number of benzene rings is 3. The molecule has 0 atom stereocenters. The highest BCUT2D eigenvalue weighted by Gasteiger charge is 2.32. The Bertz CT molecular complexity index is 1560. The Kier molecular flexibility index (Phi) is 6.70. The van der Waals surface area contributed by atoms with E-state index in [0.29, 0.717) is 34.7 Å². The average molecular weight is 545 g/mol. The van der Waals surface area contributed by atoms with Crippen molar-refractivity contribution in [3.8, 4) is 23.0 Å². The van der Waals surface area contributed by atoms with E-state index in [1.165, 1.54) is 11.8 Å². The molecule has 1 fully saturated rings. The van der Waals surface area contributed by atoms with Gasteiger partial charge in [0.1, 0.15) is 22.4 Å². The maximum atomic E-state index is 13.3. The zero-order valence-corrected chi connectivity index (χ0v) is 22.2. The van der Waals surface area contributed by atoms with Gasteiger partial charge in [0.15, 0.2) is 11.5 Å². The number of methoxy groups -OCH3 is 1. The lowest BCUT2D eigenvalue weighted by molar-refractivity contribution is -0.122. The Balaban J connectivity index is 1.18. The van der Waals surface area contributed by atoms with E-state index in [2.05, 4.69) is 22.9 Å². The number of hydrogen-bond acceptors (Lipinski definition) is 7. The number of hydrogen-bond donors (Lipinski definition) is 0. The van der Waals surface area contributed by atoms with Crippen molar-refractivity contribution in [1.82, 2.24) is 9.47 Å². The Labute approximate surface area is 229 Å². The molecule has 0 N–H and O–H groups in total. The monoisotopic (exact) mass is 544 g/mol. The van der Waals surface area contributed by atoms with Gasteiger partial charge in [-0.2, -0.15) is 0 Å². The van der Waals surface area contributed by atoms with Gasteiger partial charge in [0, 0.05) is 28.7 Å². The number of rotatable bonds is 8. The Hall–Kier alpha value is -3.95. The summed E-state index contributed by atoms with van der Waals surface area (Å²) in [5.74, 6) is 2.84. The highest BCUT2D eigenvalue weighted by Crippen LogP contribution is 2.36. The molecule has 0 bridgehead atoms. The van der Waals surface area contributed by atoms with Crippen LogP contribution in [0.2, 0.25) is 0 Å². The number of thiocarbonyl (C=S) groups is 1. The average Bonchev–Trinajstić information content (AvgIpc) is 3.62. The van der Waals surface area contributed by atoms with Gasteiger partial charge in [-0.25, -0.2) is 0 Å². The first-order valence-electron chi connectivity index (χ1n) is 12.1. The van der Waals surface area contributed by atoms with Crippen molar-refractivity contribution in [3.05, 3.63) is 89.0 Å². The molecule has 192 valence electrons. The molecule has 0 aliphatic carbocycles. The van der Waals surface area contributed by atoms with Crippen molar-refractivity contribution in [2.45, 2.75) is 13.1 Å². The zero-order chi connectivity index (χ0) is 26.1. The molecule has 0 spiro atoms. The van der Waals surface area contributed by atoms with E-state index in [1.54, 1.807) is 12.0 Å². The largest absolute Gasteiger partial charge is 0.497 e. The van der Waals surface area contributed by atoms with Gasteiger partial charge in [-0.1, -0.05) is 54.3 Å². The topological polar surface area (TPSA) is 62.2 Å². The maximum absolute atomic E-state index is 13.3. The smallest absolute Gasteiger partial charge is 0.266 e. The van der Waals surface area contributed by atoms with Crippen LogP contribution in [0.25, 0.3) is 17.0 Å². The standard InChI is InChI=1S/C29H24N2O5S2/c1-33-21-8-6-19(7-9-21)16-31-28(32)27(38-29(31)37)14-20-17-30(24-5-3-2-4-23(20)24)12-13-34-22-10-11-25-26(15-22)36-18-35-25/h2-11,14-15,17H,12-13,16,18H2,1H3/b27-14-.